The lowest BCUT2D eigenvalue weighted by molar-refractivity contribution is 0.236. The molecule has 2 amide bonds. The van der Waals surface area contributed by atoms with Gasteiger partial charge in [0.2, 0.25) is 5.96 Å². The SMILES string of the molecule is CC(C)(C)NC(=O)NC(N)=Nc1c(Cl)cc(Cl)cc1Br. The molecule has 20 heavy (non-hydrogen) atoms. The summed E-state index contributed by atoms with van der Waals surface area (Å²) in [6.45, 7) is 5.56. The van der Waals surface area contributed by atoms with Crippen LogP contribution >= 0.6 is 39.1 Å². The number of aliphatic imine (C=N–C) groups is 1. The van der Waals surface area contributed by atoms with Crippen LogP contribution in [0.25, 0.3) is 0 Å². The number of amides is 2. The maximum Gasteiger partial charge on any atom is 0.321 e. The Balaban J connectivity index is 2.87. The molecule has 0 heterocycles. The van der Waals surface area contributed by atoms with Crippen molar-refractivity contribution in [2.45, 2.75) is 26.3 Å². The Kier molecular flexibility index (Phi) is 5.68. The average molecular weight is 382 g/mol. The zero-order chi connectivity index (χ0) is 15.5. The van der Waals surface area contributed by atoms with Gasteiger partial charge in [-0.05, 0) is 48.8 Å². The summed E-state index contributed by atoms with van der Waals surface area (Å²) in [5.41, 5.74) is 5.69. The number of benzene rings is 1. The van der Waals surface area contributed by atoms with Gasteiger partial charge in [-0.1, -0.05) is 23.2 Å². The van der Waals surface area contributed by atoms with Gasteiger partial charge in [0.1, 0.15) is 0 Å². The van der Waals surface area contributed by atoms with Gasteiger partial charge in [0.25, 0.3) is 0 Å². The molecular weight excluding hydrogens is 367 g/mol. The largest absolute Gasteiger partial charge is 0.369 e. The van der Waals surface area contributed by atoms with Gasteiger partial charge in [0, 0.05) is 15.0 Å². The van der Waals surface area contributed by atoms with Gasteiger partial charge in [0.15, 0.2) is 0 Å². The molecule has 0 atom stereocenters. The van der Waals surface area contributed by atoms with Crippen molar-refractivity contribution in [3.63, 3.8) is 0 Å². The van der Waals surface area contributed by atoms with E-state index in [9.17, 15) is 4.79 Å². The lowest BCUT2D eigenvalue weighted by Gasteiger charge is -2.20. The van der Waals surface area contributed by atoms with Crippen LogP contribution in [0.4, 0.5) is 10.5 Å². The molecule has 0 aromatic heterocycles. The molecule has 5 nitrogen and oxygen atoms in total. The van der Waals surface area contributed by atoms with E-state index in [4.69, 9.17) is 28.9 Å². The second-order valence-corrected chi connectivity index (χ2v) is 6.74. The lowest BCUT2D eigenvalue weighted by Crippen LogP contribution is -2.50. The van der Waals surface area contributed by atoms with Crippen molar-refractivity contribution in [1.82, 2.24) is 10.6 Å². The molecule has 0 unspecified atom stereocenters. The fourth-order valence-electron chi connectivity index (χ4n) is 1.28. The molecule has 0 aliphatic heterocycles. The van der Waals surface area contributed by atoms with E-state index in [1.807, 2.05) is 20.8 Å². The molecule has 1 aromatic carbocycles. The van der Waals surface area contributed by atoms with Crippen LogP contribution in [0.5, 0.6) is 0 Å². The van der Waals surface area contributed by atoms with Gasteiger partial charge in [-0.3, -0.25) is 5.32 Å². The minimum atomic E-state index is -0.444. The summed E-state index contributed by atoms with van der Waals surface area (Å²) in [5, 5.41) is 5.91. The van der Waals surface area contributed by atoms with Crippen molar-refractivity contribution in [2.75, 3.05) is 0 Å². The number of rotatable bonds is 1. The molecule has 1 aromatic rings. The zero-order valence-corrected chi connectivity index (χ0v) is 14.3. The fourth-order valence-corrected chi connectivity index (χ4v) is 2.61. The van der Waals surface area contributed by atoms with E-state index in [0.717, 1.165) is 0 Å². The Morgan fingerprint density at radius 2 is 1.95 bits per heavy atom. The first-order valence-electron chi connectivity index (χ1n) is 5.66. The molecule has 1 rings (SSSR count). The van der Waals surface area contributed by atoms with Crippen LogP contribution < -0.4 is 16.4 Å². The molecule has 0 spiro atoms. The molecule has 4 N–H and O–H groups in total. The van der Waals surface area contributed by atoms with Crippen LogP contribution in [0.2, 0.25) is 10.0 Å². The predicted molar refractivity (Wildman–Crippen MR) is 86.9 cm³/mol. The Bertz CT molecular complexity index is 532. The van der Waals surface area contributed by atoms with Gasteiger partial charge < -0.3 is 11.1 Å². The van der Waals surface area contributed by atoms with Gasteiger partial charge in [-0.15, -0.1) is 0 Å². The molecule has 110 valence electrons. The number of nitrogens with zero attached hydrogens (tertiary/aromatic N) is 1. The van der Waals surface area contributed by atoms with Crippen molar-refractivity contribution in [2.24, 2.45) is 10.7 Å². The Morgan fingerprint density at radius 3 is 2.45 bits per heavy atom. The van der Waals surface area contributed by atoms with E-state index >= 15 is 0 Å². The quantitative estimate of drug-likeness (QED) is 0.510. The molecule has 0 bridgehead atoms. The second kappa shape index (κ2) is 6.65. The van der Waals surface area contributed by atoms with Crippen molar-refractivity contribution >= 4 is 56.8 Å². The fraction of sp³-hybridized carbons (Fsp3) is 0.333. The first-order valence-corrected chi connectivity index (χ1v) is 7.21. The van der Waals surface area contributed by atoms with Gasteiger partial charge in [-0.25, -0.2) is 9.79 Å². The van der Waals surface area contributed by atoms with E-state index in [1.165, 1.54) is 6.07 Å². The molecular formula is C12H15BrCl2N4O. The number of carbonyl (C=O) groups excluding carboxylic acids is 1. The minimum Gasteiger partial charge on any atom is -0.369 e. The highest BCUT2D eigenvalue weighted by Crippen LogP contribution is 2.36. The number of hydrogen-bond acceptors (Lipinski definition) is 2. The van der Waals surface area contributed by atoms with Crippen LogP contribution in [-0.2, 0) is 0 Å². The number of guanidine groups is 1. The lowest BCUT2D eigenvalue weighted by atomic mass is 10.1. The smallest absolute Gasteiger partial charge is 0.321 e. The summed E-state index contributed by atoms with van der Waals surface area (Å²) in [6.07, 6.45) is 0. The van der Waals surface area contributed by atoms with E-state index < -0.39 is 6.03 Å². The maximum absolute atomic E-state index is 11.6. The van der Waals surface area contributed by atoms with Crippen LogP contribution in [0, 0.1) is 0 Å². The number of nitrogens with two attached hydrogens (primary N) is 1. The molecule has 0 radical (unpaired) electrons. The topological polar surface area (TPSA) is 79.5 Å². The number of carbonyl (C=O) groups is 1. The summed E-state index contributed by atoms with van der Waals surface area (Å²) < 4.78 is 0.580. The summed E-state index contributed by atoms with van der Waals surface area (Å²) in [4.78, 5) is 15.7. The third-order valence-electron chi connectivity index (χ3n) is 1.94. The van der Waals surface area contributed by atoms with E-state index in [-0.39, 0.29) is 11.5 Å². The molecule has 0 fully saturated rings. The molecule has 0 saturated heterocycles. The first-order chi connectivity index (χ1) is 9.08. The molecule has 0 saturated carbocycles. The standard InChI is InChI=1S/C12H15BrCl2N4O/c1-12(2,3)19-11(20)18-10(16)17-9-7(13)4-6(14)5-8(9)15/h4-5H,1-3H3,(H4,16,17,18,19,20). The number of nitrogens with one attached hydrogen (secondary N) is 2. The molecule has 0 aliphatic rings. The second-order valence-electron chi connectivity index (χ2n) is 5.04. The van der Waals surface area contributed by atoms with E-state index in [1.54, 1.807) is 6.07 Å². The van der Waals surface area contributed by atoms with E-state index in [0.29, 0.717) is 20.2 Å². The van der Waals surface area contributed by atoms with E-state index in [2.05, 4.69) is 31.6 Å². The third kappa shape index (κ3) is 5.56. The number of hydrogen-bond donors (Lipinski definition) is 3. The first kappa shape index (κ1) is 17.1. The normalized spacial score (nSPS) is 12.2. The maximum atomic E-state index is 11.6. The highest BCUT2D eigenvalue weighted by Gasteiger charge is 2.14. The zero-order valence-electron chi connectivity index (χ0n) is 11.2. The minimum absolute atomic E-state index is 0.0725. The van der Waals surface area contributed by atoms with Crippen LogP contribution in [0.1, 0.15) is 20.8 Å². The molecule has 0 aliphatic carbocycles. The van der Waals surface area contributed by atoms with Crippen LogP contribution in [0.3, 0.4) is 0 Å². The Hall–Kier alpha value is -0.980. The highest BCUT2D eigenvalue weighted by atomic mass is 79.9. The molecule has 8 heteroatoms. The van der Waals surface area contributed by atoms with Crippen LogP contribution in [0.15, 0.2) is 21.6 Å². The Morgan fingerprint density at radius 1 is 1.35 bits per heavy atom. The van der Waals surface area contributed by atoms with Gasteiger partial charge in [0.05, 0.1) is 10.7 Å². The average Bonchev–Trinajstić information content (AvgIpc) is 2.20. The van der Waals surface area contributed by atoms with Crippen molar-refractivity contribution in [1.29, 1.82) is 0 Å². The predicted octanol–water partition coefficient (Wildman–Crippen LogP) is 3.80. The Labute approximate surface area is 136 Å². The van der Waals surface area contributed by atoms with Crippen molar-refractivity contribution in [3.05, 3.63) is 26.7 Å². The number of urea groups is 1. The summed E-state index contributed by atoms with van der Waals surface area (Å²) in [7, 11) is 0. The summed E-state index contributed by atoms with van der Waals surface area (Å²) in [5.74, 6) is -0.0725. The summed E-state index contributed by atoms with van der Waals surface area (Å²) in [6, 6.07) is 2.73. The summed E-state index contributed by atoms with van der Waals surface area (Å²) >= 11 is 15.1. The van der Waals surface area contributed by atoms with Gasteiger partial charge >= 0.3 is 6.03 Å². The van der Waals surface area contributed by atoms with Crippen LogP contribution in [-0.4, -0.2) is 17.5 Å². The number of halogens is 3. The van der Waals surface area contributed by atoms with Gasteiger partial charge in [-0.2, -0.15) is 0 Å². The highest BCUT2D eigenvalue weighted by molar-refractivity contribution is 9.10. The van der Waals surface area contributed by atoms with Crippen molar-refractivity contribution < 1.29 is 4.79 Å². The monoisotopic (exact) mass is 380 g/mol. The van der Waals surface area contributed by atoms with Crippen molar-refractivity contribution in [3.8, 4) is 0 Å². The third-order valence-corrected chi connectivity index (χ3v) is 3.05.